The van der Waals surface area contributed by atoms with Crippen LogP contribution in [-0.4, -0.2) is 45.5 Å². The highest BCUT2D eigenvalue weighted by molar-refractivity contribution is 5.73. The third-order valence-corrected chi connectivity index (χ3v) is 4.28. The summed E-state index contributed by atoms with van der Waals surface area (Å²) in [5.41, 5.74) is 1.06. The number of para-hydroxylation sites is 2. The fourth-order valence-electron chi connectivity index (χ4n) is 2.90. The Labute approximate surface area is 164 Å². The number of fused-ring (bicyclic) bond motifs is 1. The maximum atomic E-state index is 12.0. The fraction of sp³-hybridized carbons (Fsp3) is 0.381. The van der Waals surface area contributed by atoms with E-state index < -0.39 is 0 Å². The molecule has 1 heterocycles. The second-order valence-corrected chi connectivity index (χ2v) is 6.30. The van der Waals surface area contributed by atoms with E-state index in [1.807, 2.05) is 49.4 Å². The smallest absolute Gasteiger partial charge is 0.314 e. The van der Waals surface area contributed by atoms with E-state index >= 15 is 0 Å². The van der Waals surface area contributed by atoms with Crippen LogP contribution in [0, 0.1) is 0 Å². The molecule has 1 aliphatic rings. The van der Waals surface area contributed by atoms with Crippen LogP contribution >= 0.6 is 0 Å². The highest BCUT2D eigenvalue weighted by Gasteiger charge is 2.20. The van der Waals surface area contributed by atoms with Gasteiger partial charge in [-0.15, -0.1) is 0 Å². The molecule has 7 nitrogen and oxygen atoms in total. The highest BCUT2D eigenvalue weighted by Crippen LogP contribution is 2.30. The molecule has 0 spiro atoms. The number of benzene rings is 2. The van der Waals surface area contributed by atoms with E-state index in [1.54, 1.807) is 7.11 Å². The van der Waals surface area contributed by atoms with Gasteiger partial charge in [0.15, 0.2) is 29.1 Å². The number of hydrogen-bond donors (Lipinski definition) is 2. The molecule has 2 amide bonds. The van der Waals surface area contributed by atoms with Gasteiger partial charge >= 0.3 is 6.03 Å². The first-order valence-corrected chi connectivity index (χ1v) is 9.39. The van der Waals surface area contributed by atoms with Crippen LogP contribution in [-0.2, 0) is 6.42 Å². The number of ether oxygens (including phenoxy) is 4. The van der Waals surface area contributed by atoms with E-state index in [0.29, 0.717) is 44.2 Å². The molecular weight excluding hydrogens is 360 g/mol. The molecule has 7 heteroatoms. The molecule has 150 valence electrons. The van der Waals surface area contributed by atoms with Gasteiger partial charge in [-0.1, -0.05) is 18.2 Å². The van der Waals surface area contributed by atoms with E-state index in [9.17, 15) is 4.79 Å². The van der Waals surface area contributed by atoms with Crippen molar-refractivity contribution < 1.29 is 23.7 Å². The lowest BCUT2D eigenvalue weighted by Crippen LogP contribution is -2.44. The SMILES string of the molecule is CCOc1ccc(CCNC(=O)NCC2COc3ccccc3O2)cc1OC. The largest absolute Gasteiger partial charge is 0.493 e. The van der Waals surface area contributed by atoms with Gasteiger partial charge in [0.1, 0.15) is 6.61 Å². The van der Waals surface area contributed by atoms with Crippen molar-refractivity contribution in [2.24, 2.45) is 0 Å². The number of nitrogens with one attached hydrogen (secondary N) is 2. The van der Waals surface area contributed by atoms with Gasteiger partial charge in [0.25, 0.3) is 0 Å². The molecule has 0 saturated carbocycles. The number of amides is 2. The van der Waals surface area contributed by atoms with Crippen LogP contribution in [0.5, 0.6) is 23.0 Å². The van der Waals surface area contributed by atoms with Gasteiger partial charge in [0.2, 0.25) is 0 Å². The van der Waals surface area contributed by atoms with Gasteiger partial charge in [-0.2, -0.15) is 0 Å². The normalized spacial score (nSPS) is 14.9. The van der Waals surface area contributed by atoms with Gasteiger partial charge in [-0.25, -0.2) is 4.79 Å². The zero-order chi connectivity index (χ0) is 19.8. The minimum Gasteiger partial charge on any atom is -0.493 e. The van der Waals surface area contributed by atoms with Gasteiger partial charge < -0.3 is 29.6 Å². The molecule has 0 aliphatic carbocycles. The molecule has 1 unspecified atom stereocenters. The van der Waals surface area contributed by atoms with Crippen molar-refractivity contribution in [1.29, 1.82) is 0 Å². The van der Waals surface area contributed by atoms with Gasteiger partial charge in [-0.05, 0) is 43.2 Å². The number of carbonyl (C=O) groups is 1. The average Bonchev–Trinajstić information content (AvgIpc) is 2.73. The van der Waals surface area contributed by atoms with E-state index in [1.165, 1.54) is 0 Å². The lowest BCUT2D eigenvalue weighted by Gasteiger charge is -2.26. The summed E-state index contributed by atoms with van der Waals surface area (Å²) in [6.45, 7) is 3.80. The molecule has 0 bridgehead atoms. The maximum absolute atomic E-state index is 12.0. The molecule has 1 atom stereocenters. The van der Waals surface area contributed by atoms with Crippen LogP contribution < -0.4 is 29.6 Å². The Balaban J connectivity index is 1.39. The Hall–Kier alpha value is -3.09. The quantitative estimate of drug-likeness (QED) is 0.729. The molecule has 28 heavy (non-hydrogen) atoms. The molecule has 0 fully saturated rings. The summed E-state index contributed by atoms with van der Waals surface area (Å²) >= 11 is 0. The monoisotopic (exact) mass is 386 g/mol. The van der Waals surface area contributed by atoms with Crippen LogP contribution in [0.15, 0.2) is 42.5 Å². The summed E-state index contributed by atoms with van der Waals surface area (Å²) in [5.74, 6) is 2.84. The first kappa shape index (κ1) is 19.7. The number of hydrogen-bond acceptors (Lipinski definition) is 5. The summed E-state index contributed by atoms with van der Waals surface area (Å²) < 4.78 is 22.3. The average molecular weight is 386 g/mol. The first-order valence-electron chi connectivity index (χ1n) is 9.39. The van der Waals surface area contributed by atoms with E-state index in [0.717, 1.165) is 17.1 Å². The van der Waals surface area contributed by atoms with E-state index in [2.05, 4.69) is 10.6 Å². The Morgan fingerprint density at radius 3 is 2.75 bits per heavy atom. The molecular formula is C21H26N2O5. The topological polar surface area (TPSA) is 78.1 Å². The van der Waals surface area contributed by atoms with Crippen LogP contribution in [0.1, 0.15) is 12.5 Å². The van der Waals surface area contributed by atoms with Crippen LogP contribution in [0.3, 0.4) is 0 Å². The standard InChI is InChI=1S/C21H26N2O5/c1-3-26-18-9-8-15(12-20(18)25-2)10-11-22-21(24)23-13-16-14-27-17-6-4-5-7-19(17)28-16/h4-9,12,16H,3,10-11,13-14H2,1-2H3,(H2,22,23,24). The lowest BCUT2D eigenvalue weighted by atomic mass is 10.1. The molecule has 0 radical (unpaired) electrons. The minimum absolute atomic E-state index is 0.212. The predicted octanol–water partition coefficient (Wildman–Crippen LogP) is 2.78. The van der Waals surface area contributed by atoms with Crippen LogP contribution in [0.4, 0.5) is 4.79 Å². The first-order chi connectivity index (χ1) is 13.7. The zero-order valence-corrected chi connectivity index (χ0v) is 16.2. The van der Waals surface area contributed by atoms with E-state index in [4.69, 9.17) is 18.9 Å². The summed E-state index contributed by atoms with van der Waals surface area (Å²) in [7, 11) is 1.61. The van der Waals surface area contributed by atoms with Crippen molar-refractivity contribution in [3.63, 3.8) is 0 Å². The summed E-state index contributed by atoms with van der Waals surface area (Å²) in [6.07, 6.45) is 0.475. The zero-order valence-electron chi connectivity index (χ0n) is 16.2. The minimum atomic E-state index is -0.236. The third kappa shape index (κ3) is 5.22. The molecule has 2 aromatic rings. The van der Waals surface area contributed by atoms with Crippen molar-refractivity contribution in [2.45, 2.75) is 19.4 Å². The third-order valence-electron chi connectivity index (χ3n) is 4.28. The Morgan fingerprint density at radius 1 is 1.14 bits per heavy atom. The van der Waals surface area contributed by atoms with Crippen LogP contribution in [0.2, 0.25) is 0 Å². The lowest BCUT2D eigenvalue weighted by molar-refractivity contribution is 0.0918. The number of rotatable bonds is 8. The number of urea groups is 1. The van der Waals surface area contributed by atoms with Gasteiger partial charge in [0.05, 0.1) is 20.3 Å². The van der Waals surface area contributed by atoms with Crippen LogP contribution in [0.25, 0.3) is 0 Å². The molecule has 0 aromatic heterocycles. The fourth-order valence-corrected chi connectivity index (χ4v) is 2.90. The van der Waals surface area contributed by atoms with Crippen molar-refractivity contribution in [1.82, 2.24) is 10.6 Å². The van der Waals surface area contributed by atoms with Gasteiger partial charge in [0, 0.05) is 6.54 Å². The maximum Gasteiger partial charge on any atom is 0.314 e. The predicted molar refractivity (Wildman–Crippen MR) is 106 cm³/mol. The Kier molecular flexibility index (Phi) is 6.84. The second-order valence-electron chi connectivity index (χ2n) is 6.30. The molecule has 2 aromatic carbocycles. The van der Waals surface area contributed by atoms with Gasteiger partial charge in [-0.3, -0.25) is 0 Å². The number of carbonyl (C=O) groups excluding carboxylic acids is 1. The summed E-state index contributed by atoms with van der Waals surface area (Å²) in [5, 5.41) is 5.67. The van der Waals surface area contributed by atoms with Crippen molar-refractivity contribution in [2.75, 3.05) is 33.4 Å². The summed E-state index contributed by atoms with van der Waals surface area (Å²) in [4.78, 5) is 12.0. The Bertz CT molecular complexity index is 796. The summed E-state index contributed by atoms with van der Waals surface area (Å²) in [6, 6.07) is 13.0. The van der Waals surface area contributed by atoms with Crippen molar-refractivity contribution >= 4 is 6.03 Å². The number of methoxy groups -OCH3 is 1. The van der Waals surface area contributed by atoms with E-state index in [-0.39, 0.29) is 12.1 Å². The second kappa shape index (κ2) is 9.73. The molecule has 1 aliphatic heterocycles. The Morgan fingerprint density at radius 2 is 1.96 bits per heavy atom. The van der Waals surface area contributed by atoms with Crippen molar-refractivity contribution in [3.05, 3.63) is 48.0 Å². The molecule has 3 rings (SSSR count). The molecule has 2 N–H and O–H groups in total. The molecule has 0 saturated heterocycles. The van der Waals surface area contributed by atoms with Crippen molar-refractivity contribution in [3.8, 4) is 23.0 Å². The highest BCUT2D eigenvalue weighted by atomic mass is 16.6.